The molecule has 0 saturated heterocycles. The number of aromatic nitrogens is 2. The molecule has 0 unspecified atom stereocenters. The first kappa shape index (κ1) is 20.9. The number of halogens is 1. The van der Waals surface area contributed by atoms with Crippen LogP contribution in [-0.2, 0) is 9.53 Å². The molecule has 3 aromatic rings. The van der Waals surface area contributed by atoms with Gasteiger partial charge in [0.2, 0.25) is 11.8 Å². The van der Waals surface area contributed by atoms with E-state index in [1.807, 2.05) is 0 Å². The van der Waals surface area contributed by atoms with Crippen LogP contribution < -0.4 is 5.32 Å². The molecule has 150 valence electrons. The summed E-state index contributed by atoms with van der Waals surface area (Å²) >= 11 is 6.96. The second-order valence-electron chi connectivity index (χ2n) is 6.22. The van der Waals surface area contributed by atoms with Crippen LogP contribution in [0, 0.1) is 0 Å². The number of thioether (sulfide) groups is 1. The summed E-state index contributed by atoms with van der Waals surface area (Å²) in [5.74, 6) is -0.430. The topological polar surface area (TPSA) is 94.3 Å². The van der Waals surface area contributed by atoms with E-state index >= 15 is 0 Å². The molecule has 0 bridgehead atoms. The number of benzene rings is 2. The van der Waals surface area contributed by atoms with Gasteiger partial charge in [0.15, 0.2) is 0 Å². The Kier molecular flexibility index (Phi) is 6.90. The maximum atomic E-state index is 12.3. The summed E-state index contributed by atoms with van der Waals surface area (Å²) in [4.78, 5) is 24.5. The van der Waals surface area contributed by atoms with Gasteiger partial charge >= 0.3 is 5.97 Å². The van der Waals surface area contributed by atoms with Crippen LogP contribution in [0.2, 0.25) is 5.02 Å². The lowest BCUT2D eigenvalue weighted by Gasteiger charge is -2.12. The lowest BCUT2D eigenvalue weighted by atomic mass is 10.2. The summed E-state index contributed by atoms with van der Waals surface area (Å²) in [6.07, 6.45) is -0.255. The first-order valence-corrected chi connectivity index (χ1v) is 10.1. The average molecular weight is 432 g/mol. The number of amides is 1. The van der Waals surface area contributed by atoms with E-state index in [4.69, 9.17) is 20.8 Å². The second-order valence-corrected chi connectivity index (χ2v) is 7.58. The highest BCUT2D eigenvalue weighted by atomic mass is 35.5. The van der Waals surface area contributed by atoms with E-state index in [0.29, 0.717) is 22.2 Å². The monoisotopic (exact) mass is 431 g/mol. The minimum atomic E-state index is -0.493. The van der Waals surface area contributed by atoms with Gasteiger partial charge in [-0.15, -0.1) is 10.2 Å². The molecule has 7 nitrogen and oxygen atoms in total. The van der Waals surface area contributed by atoms with Crippen LogP contribution in [0.1, 0.15) is 24.2 Å². The van der Waals surface area contributed by atoms with Gasteiger partial charge in [0.05, 0.1) is 23.1 Å². The standard InChI is InChI=1S/C20H18ClN3O4S/c1-12(2)27-19(26)15-5-3-4-6-16(15)22-17(25)11-29-20-24-23-18(28-20)13-7-9-14(21)10-8-13/h3-10,12H,11H2,1-2H3,(H,22,25). The Hall–Kier alpha value is -2.84. The highest BCUT2D eigenvalue weighted by molar-refractivity contribution is 7.99. The molecule has 9 heteroatoms. The Morgan fingerprint density at radius 2 is 1.86 bits per heavy atom. The Morgan fingerprint density at radius 3 is 2.59 bits per heavy atom. The number of anilines is 1. The molecule has 0 aliphatic heterocycles. The lowest BCUT2D eigenvalue weighted by Crippen LogP contribution is -2.18. The Bertz CT molecular complexity index is 1000. The minimum Gasteiger partial charge on any atom is -0.459 e. The van der Waals surface area contributed by atoms with E-state index in [-0.39, 0.29) is 23.0 Å². The number of ether oxygens (including phenoxy) is 1. The molecule has 0 aliphatic carbocycles. The quantitative estimate of drug-likeness (QED) is 0.428. The van der Waals surface area contributed by atoms with Crippen molar-refractivity contribution < 1.29 is 18.7 Å². The number of carbonyl (C=O) groups excluding carboxylic acids is 2. The van der Waals surface area contributed by atoms with Crippen molar-refractivity contribution in [1.82, 2.24) is 10.2 Å². The maximum absolute atomic E-state index is 12.3. The number of carbonyl (C=O) groups is 2. The van der Waals surface area contributed by atoms with Crippen LogP contribution in [0.25, 0.3) is 11.5 Å². The fraction of sp³-hybridized carbons (Fsp3) is 0.200. The molecule has 1 aromatic heterocycles. The maximum Gasteiger partial charge on any atom is 0.340 e. The zero-order valence-electron chi connectivity index (χ0n) is 15.7. The third-order valence-corrected chi connectivity index (χ3v) is 4.66. The first-order chi connectivity index (χ1) is 13.9. The largest absolute Gasteiger partial charge is 0.459 e. The Labute approximate surface area is 176 Å². The number of para-hydroxylation sites is 1. The van der Waals surface area contributed by atoms with Crippen molar-refractivity contribution in [3.05, 3.63) is 59.1 Å². The second kappa shape index (κ2) is 9.58. The number of rotatable bonds is 7. The van der Waals surface area contributed by atoms with Gasteiger partial charge in [-0.3, -0.25) is 4.79 Å². The summed E-state index contributed by atoms with van der Waals surface area (Å²) in [5, 5.41) is 11.5. The predicted molar refractivity (Wildman–Crippen MR) is 111 cm³/mol. The summed E-state index contributed by atoms with van der Waals surface area (Å²) < 4.78 is 10.8. The molecule has 1 heterocycles. The minimum absolute atomic E-state index is 0.0375. The van der Waals surface area contributed by atoms with Crippen LogP contribution in [0.15, 0.2) is 58.2 Å². The van der Waals surface area contributed by atoms with Gasteiger partial charge in [0.25, 0.3) is 5.22 Å². The first-order valence-electron chi connectivity index (χ1n) is 8.74. The van der Waals surface area contributed by atoms with Crippen molar-refractivity contribution in [3.63, 3.8) is 0 Å². The van der Waals surface area contributed by atoms with Gasteiger partial charge in [-0.05, 0) is 50.2 Å². The van der Waals surface area contributed by atoms with Crippen molar-refractivity contribution >= 4 is 40.9 Å². The zero-order valence-corrected chi connectivity index (χ0v) is 17.3. The van der Waals surface area contributed by atoms with Gasteiger partial charge < -0.3 is 14.5 Å². The molecule has 2 aromatic carbocycles. The van der Waals surface area contributed by atoms with Gasteiger partial charge in [-0.25, -0.2) is 4.79 Å². The lowest BCUT2D eigenvalue weighted by molar-refractivity contribution is -0.113. The molecule has 0 radical (unpaired) electrons. The molecule has 0 spiro atoms. The van der Waals surface area contributed by atoms with Gasteiger partial charge in [0.1, 0.15) is 0 Å². The Balaban J connectivity index is 1.60. The highest BCUT2D eigenvalue weighted by Crippen LogP contribution is 2.25. The van der Waals surface area contributed by atoms with E-state index in [0.717, 1.165) is 17.3 Å². The molecule has 29 heavy (non-hydrogen) atoms. The number of nitrogens with one attached hydrogen (secondary N) is 1. The number of hydrogen-bond acceptors (Lipinski definition) is 7. The number of esters is 1. The summed E-state index contributed by atoms with van der Waals surface area (Å²) in [5.41, 5.74) is 1.41. The smallest absolute Gasteiger partial charge is 0.340 e. The van der Waals surface area contributed by atoms with Crippen LogP contribution in [0.3, 0.4) is 0 Å². The van der Waals surface area contributed by atoms with Crippen molar-refractivity contribution in [3.8, 4) is 11.5 Å². The highest BCUT2D eigenvalue weighted by Gasteiger charge is 2.16. The van der Waals surface area contributed by atoms with Crippen molar-refractivity contribution in [2.24, 2.45) is 0 Å². The zero-order chi connectivity index (χ0) is 20.8. The molecule has 0 fully saturated rings. The van der Waals surface area contributed by atoms with Crippen molar-refractivity contribution in [2.75, 3.05) is 11.1 Å². The van der Waals surface area contributed by atoms with Crippen LogP contribution in [0.5, 0.6) is 0 Å². The van der Waals surface area contributed by atoms with E-state index in [9.17, 15) is 9.59 Å². The molecule has 3 rings (SSSR count). The number of hydrogen-bond donors (Lipinski definition) is 1. The molecule has 1 amide bonds. The molecular formula is C20H18ClN3O4S. The van der Waals surface area contributed by atoms with Crippen molar-refractivity contribution in [2.45, 2.75) is 25.2 Å². The normalized spacial score (nSPS) is 10.8. The summed E-state index contributed by atoms with van der Waals surface area (Å²) in [7, 11) is 0. The van der Waals surface area contributed by atoms with E-state index in [2.05, 4.69) is 15.5 Å². The fourth-order valence-corrected chi connectivity index (χ4v) is 3.03. The Morgan fingerprint density at radius 1 is 1.14 bits per heavy atom. The molecule has 0 saturated carbocycles. The third kappa shape index (κ3) is 5.82. The van der Waals surface area contributed by atoms with E-state index < -0.39 is 5.97 Å². The predicted octanol–water partition coefficient (Wildman–Crippen LogP) is 4.69. The molecule has 0 atom stereocenters. The molecular weight excluding hydrogens is 414 g/mol. The van der Waals surface area contributed by atoms with Gasteiger partial charge in [0, 0.05) is 10.6 Å². The van der Waals surface area contributed by atoms with Gasteiger partial charge in [-0.2, -0.15) is 0 Å². The van der Waals surface area contributed by atoms with Crippen LogP contribution in [0.4, 0.5) is 5.69 Å². The van der Waals surface area contributed by atoms with Gasteiger partial charge in [-0.1, -0.05) is 35.5 Å². The third-order valence-electron chi connectivity index (χ3n) is 3.59. The number of nitrogens with zero attached hydrogens (tertiary/aromatic N) is 2. The fourth-order valence-electron chi connectivity index (χ4n) is 2.34. The van der Waals surface area contributed by atoms with Crippen molar-refractivity contribution in [1.29, 1.82) is 0 Å². The van der Waals surface area contributed by atoms with Crippen LogP contribution >= 0.6 is 23.4 Å². The summed E-state index contributed by atoms with van der Waals surface area (Å²) in [6, 6.07) is 13.7. The van der Waals surface area contributed by atoms with E-state index in [1.165, 1.54) is 0 Å². The molecule has 0 aliphatic rings. The van der Waals surface area contributed by atoms with E-state index in [1.54, 1.807) is 62.4 Å². The molecule has 1 N–H and O–H groups in total. The summed E-state index contributed by atoms with van der Waals surface area (Å²) in [6.45, 7) is 3.52. The average Bonchev–Trinajstić information content (AvgIpc) is 3.16. The SMILES string of the molecule is CC(C)OC(=O)c1ccccc1NC(=O)CSc1nnc(-c2ccc(Cl)cc2)o1. The van der Waals surface area contributed by atoms with Crippen LogP contribution in [-0.4, -0.2) is 33.9 Å².